The zero-order valence-corrected chi connectivity index (χ0v) is 14.3. The number of methoxy groups -OCH3 is 1. The van der Waals surface area contributed by atoms with E-state index in [1.165, 1.54) is 5.56 Å². The summed E-state index contributed by atoms with van der Waals surface area (Å²) in [6.07, 6.45) is 5.64. The van der Waals surface area contributed by atoms with E-state index in [9.17, 15) is 10.2 Å². The van der Waals surface area contributed by atoms with Crippen LogP contribution in [0.1, 0.15) is 17.5 Å². The minimum absolute atomic E-state index is 0.0547. The summed E-state index contributed by atoms with van der Waals surface area (Å²) in [5.41, 5.74) is 0.533. The van der Waals surface area contributed by atoms with Crippen LogP contribution in [0.25, 0.3) is 0 Å². The molecule has 2 heterocycles. The van der Waals surface area contributed by atoms with Crippen molar-refractivity contribution in [3.63, 3.8) is 0 Å². The van der Waals surface area contributed by atoms with Gasteiger partial charge in [-0.1, -0.05) is 24.3 Å². The maximum atomic E-state index is 11.9. The smallest absolute Gasteiger partial charge is 0.166 e. The summed E-state index contributed by atoms with van der Waals surface area (Å²) < 4.78 is 11.8. The molecule has 1 fully saturated rings. The van der Waals surface area contributed by atoms with E-state index in [4.69, 9.17) is 9.47 Å². The number of piperidine rings is 1. The van der Waals surface area contributed by atoms with Crippen LogP contribution < -0.4 is 9.47 Å². The first kappa shape index (κ1) is 15.4. The third-order valence-corrected chi connectivity index (χ3v) is 6.70. The van der Waals surface area contributed by atoms with Gasteiger partial charge in [0.1, 0.15) is 17.8 Å². The van der Waals surface area contributed by atoms with Crippen molar-refractivity contribution in [1.82, 2.24) is 4.90 Å². The van der Waals surface area contributed by atoms with Gasteiger partial charge in [0.25, 0.3) is 0 Å². The number of aliphatic hydroxyl groups excluding tert-OH is 1. The Kier molecular flexibility index (Phi) is 3.01. The summed E-state index contributed by atoms with van der Waals surface area (Å²) >= 11 is 0. The molecule has 0 amide bonds. The lowest BCUT2D eigenvalue weighted by molar-refractivity contribution is -0.154. The molecule has 0 radical (unpaired) electrons. The van der Waals surface area contributed by atoms with Crippen LogP contribution in [0.3, 0.4) is 0 Å². The van der Waals surface area contributed by atoms with E-state index >= 15 is 0 Å². The fraction of sp³-hybridized carbons (Fsp3) is 0.500. The molecule has 25 heavy (non-hydrogen) atoms. The van der Waals surface area contributed by atoms with Crippen LogP contribution in [0.4, 0.5) is 0 Å². The van der Waals surface area contributed by atoms with Gasteiger partial charge in [0.2, 0.25) is 0 Å². The van der Waals surface area contributed by atoms with Crippen LogP contribution in [0.5, 0.6) is 11.5 Å². The Hall–Kier alpha value is -1.82. The topological polar surface area (TPSA) is 62.2 Å². The molecule has 2 aliphatic carbocycles. The number of hydrogen-bond donors (Lipinski definition) is 2. The molecule has 1 spiro atoms. The minimum Gasteiger partial charge on any atom is -0.493 e. The molecule has 2 aliphatic heterocycles. The highest BCUT2D eigenvalue weighted by Gasteiger charge is 2.71. The lowest BCUT2D eigenvalue weighted by atomic mass is 9.50. The lowest BCUT2D eigenvalue weighted by Crippen LogP contribution is -2.75. The molecule has 1 aromatic carbocycles. The highest BCUT2D eigenvalue weighted by molar-refractivity contribution is 5.64. The predicted octanol–water partition coefficient (Wildman–Crippen LogP) is 1.17. The third-order valence-electron chi connectivity index (χ3n) is 6.70. The standard InChI is InChI=1S/C20H23NO4/c1-3-9-21-10-8-19-16-12-4-5-14(24-2)17(16)25-18(19)13(22)6-7-20(19,23)15(21)11-12/h3-7,13,15,18,22-23H,1,8-11H2,2H3/t13-,15+,18-,19-,20+/m0/s1. The van der Waals surface area contributed by atoms with Gasteiger partial charge in [-0.05, 0) is 24.5 Å². The number of nitrogens with zero attached hydrogens (tertiary/aromatic N) is 1. The molecule has 2 N–H and O–H groups in total. The van der Waals surface area contributed by atoms with E-state index in [-0.39, 0.29) is 6.04 Å². The minimum atomic E-state index is -1.07. The molecular weight excluding hydrogens is 318 g/mol. The van der Waals surface area contributed by atoms with Gasteiger partial charge in [-0.3, -0.25) is 4.90 Å². The number of rotatable bonds is 3. The van der Waals surface area contributed by atoms with E-state index in [1.807, 2.05) is 18.2 Å². The first-order valence-corrected chi connectivity index (χ1v) is 8.88. The predicted molar refractivity (Wildman–Crippen MR) is 93.1 cm³/mol. The highest BCUT2D eigenvalue weighted by Crippen LogP contribution is 2.64. The fourth-order valence-corrected chi connectivity index (χ4v) is 5.70. The van der Waals surface area contributed by atoms with Crippen molar-refractivity contribution in [1.29, 1.82) is 0 Å². The number of aliphatic hydroxyl groups is 2. The molecule has 0 aromatic heterocycles. The number of likely N-dealkylation sites (tertiary alicyclic amines) is 1. The first-order chi connectivity index (χ1) is 12.1. The second-order valence-electron chi connectivity index (χ2n) is 7.57. The van der Waals surface area contributed by atoms with Gasteiger partial charge in [-0.2, -0.15) is 0 Å². The zero-order valence-electron chi connectivity index (χ0n) is 14.3. The van der Waals surface area contributed by atoms with Crippen LogP contribution in [-0.2, 0) is 11.8 Å². The third kappa shape index (κ3) is 1.60. The molecule has 5 heteroatoms. The Morgan fingerprint density at radius 1 is 1.48 bits per heavy atom. The van der Waals surface area contributed by atoms with Gasteiger partial charge in [0, 0.05) is 24.7 Å². The van der Waals surface area contributed by atoms with E-state index in [1.54, 1.807) is 13.2 Å². The van der Waals surface area contributed by atoms with Gasteiger partial charge >= 0.3 is 0 Å². The van der Waals surface area contributed by atoms with Crippen molar-refractivity contribution in [3.8, 4) is 11.5 Å². The van der Waals surface area contributed by atoms with Gasteiger partial charge < -0.3 is 19.7 Å². The van der Waals surface area contributed by atoms with Crippen LogP contribution in [-0.4, -0.2) is 59.2 Å². The summed E-state index contributed by atoms with van der Waals surface area (Å²) in [5.74, 6) is 1.37. The van der Waals surface area contributed by atoms with Gasteiger partial charge in [0.15, 0.2) is 11.5 Å². The van der Waals surface area contributed by atoms with Crippen molar-refractivity contribution in [2.45, 2.75) is 42.1 Å². The Balaban J connectivity index is 1.80. The first-order valence-electron chi connectivity index (χ1n) is 8.88. The van der Waals surface area contributed by atoms with Crippen molar-refractivity contribution in [2.75, 3.05) is 20.2 Å². The van der Waals surface area contributed by atoms with Crippen molar-refractivity contribution < 1.29 is 19.7 Å². The molecule has 1 saturated heterocycles. The summed E-state index contributed by atoms with van der Waals surface area (Å²) in [5, 5.41) is 22.5. The SMILES string of the molecule is C=CCN1CC[C@]23c4c5ccc(OC)c4O[C@H]2[C@@H](O)C=C[C@@]3(O)[C@H]1C5. The van der Waals surface area contributed by atoms with Crippen LogP contribution >= 0.6 is 0 Å². The number of benzene rings is 1. The van der Waals surface area contributed by atoms with E-state index in [0.717, 1.165) is 31.5 Å². The van der Waals surface area contributed by atoms with E-state index in [0.29, 0.717) is 11.5 Å². The summed E-state index contributed by atoms with van der Waals surface area (Å²) in [7, 11) is 1.63. The fourth-order valence-electron chi connectivity index (χ4n) is 5.70. The largest absolute Gasteiger partial charge is 0.493 e. The van der Waals surface area contributed by atoms with E-state index < -0.39 is 23.2 Å². The lowest BCUT2D eigenvalue weighted by Gasteiger charge is -2.61. The van der Waals surface area contributed by atoms with Crippen molar-refractivity contribution >= 4 is 0 Å². The molecule has 0 saturated carbocycles. The molecule has 132 valence electrons. The molecular formula is C20H23NO4. The number of ether oxygens (including phenoxy) is 2. The highest BCUT2D eigenvalue weighted by atomic mass is 16.5. The second-order valence-corrected chi connectivity index (χ2v) is 7.57. The van der Waals surface area contributed by atoms with E-state index in [2.05, 4.69) is 17.5 Å². The summed E-state index contributed by atoms with van der Waals surface area (Å²) in [6, 6.07) is 3.96. The van der Waals surface area contributed by atoms with Gasteiger partial charge in [-0.25, -0.2) is 0 Å². The molecule has 0 unspecified atom stereocenters. The molecule has 5 atom stereocenters. The average molecular weight is 341 g/mol. The Morgan fingerprint density at radius 3 is 3.08 bits per heavy atom. The Morgan fingerprint density at radius 2 is 2.32 bits per heavy atom. The van der Waals surface area contributed by atoms with Crippen LogP contribution in [0, 0.1) is 0 Å². The van der Waals surface area contributed by atoms with Gasteiger partial charge in [-0.15, -0.1) is 6.58 Å². The maximum absolute atomic E-state index is 11.9. The Bertz CT molecular complexity index is 790. The monoisotopic (exact) mass is 341 g/mol. The average Bonchev–Trinajstić information content (AvgIpc) is 2.96. The summed E-state index contributed by atoms with van der Waals surface area (Å²) in [6.45, 7) is 5.45. The van der Waals surface area contributed by atoms with Crippen molar-refractivity contribution in [3.05, 3.63) is 48.1 Å². The molecule has 1 aromatic rings. The number of hydrogen-bond acceptors (Lipinski definition) is 5. The second kappa shape index (κ2) is 4.87. The van der Waals surface area contributed by atoms with Crippen LogP contribution in [0.15, 0.2) is 36.9 Å². The molecule has 5 rings (SSSR count). The van der Waals surface area contributed by atoms with Crippen molar-refractivity contribution in [2.24, 2.45) is 0 Å². The Labute approximate surface area is 147 Å². The van der Waals surface area contributed by atoms with Gasteiger partial charge in [0.05, 0.1) is 12.5 Å². The molecule has 4 aliphatic rings. The van der Waals surface area contributed by atoms with Crippen LogP contribution in [0.2, 0.25) is 0 Å². The summed E-state index contributed by atoms with van der Waals surface area (Å²) in [4.78, 5) is 2.29. The quantitative estimate of drug-likeness (QED) is 0.808. The molecule has 5 nitrogen and oxygen atoms in total. The maximum Gasteiger partial charge on any atom is 0.166 e. The normalized spacial score (nSPS) is 40.4. The molecule has 2 bridgehead atoms. The zero-order chi connectivity index (χ0) is 17.4.